The largest absolute Gasteiger partial charge is 0.496 e. The quantitative estimate of drug-likeness (QED) is 0.151. The van der Waals surface area contributed by atoms with Crippen LogP contribution < -0.4 is 43.9 Å². The van der Waals surface area contributed by atoms with Crippen molar-refractivity contribution in [2.24, 2.45) is 0 Å². The maximum atomic E-state index is 13.9. The van der Waals surface area contributed by atoms with Crippen molar-refractivity contribution in [2.45, 2.75) is 6.92 Å². The molecule has 2 amide bonds. The van der Waals surface area contributed by atoms with E-state index in [-0.39, 0.29) is 52.1 Å². The lowest BCUT2D eigenvalue weighted by Crippen LogP contribution is -2.17. The molecule has 1 fully saturated rings. The minimum atomic E-state index is -0.483. The first-order valence-electron chi connectivity index (χ1n) is 13.9. The number of aryl methyl sites for hydroxylation is 1. The molecule has 12 nitrogen and oxygen atoms in total. The van der Waals surface area contributed by atoms with Crippen molar-refractivity contribution in [1.29, 1.82) is 0 Å². The number of rotatable bonds is 12. The van der Waals surface area contributed by atoms with Gasteiger partial charge in [-0.25, -0.2) is 0 Å². The van der Waals surface area contributed by atoms with E-state index in [0.717, 1.165) is 17.3 Å². The molecule has 1 aromatic heterocycles. The summed E-state index contributed by atoms with van der Waals surface area (Å²) >= 11 is 0.800. The molecule has 2 heterocycles. The van der Waals surface area contributed by atoms with E-state index in [9.17, 15) is 14.4 Å². The summed E-state index contributed by atoms with van der Waals surface area (Å²) in [6, 6.07) is 11.9. The molecule has 46 heavy (non-hydrogen) atoms. The lowest BCUT2D eigenvalue weighted by molar-refractivity contribution is -0.115. The number of amides is 2. The predicted molar refractivity (Wildman–Crippen MR) is 172 cm³/mol. The van der Waals surface area contributed by atoms with E-state index in [4.69, 9.17) is 37.6 Å². The lowest BCUT2D eigenvalue weighted by atomic mass is 10.1. The monoisotopic (exact) mass is 649 g/mol. The molecule has 3 aromatic carbocycles. The average molecular weight is 650 g/mol. The zero-order chi connectivity index (χ0) is 33.0. The van der Waals surface area contributed by atoms with Crippen molar-refractivity contribution in [2.75, 3.05) is 48.8 Å². The van der Waals surface area contributed by atoms with Gasteiger partial charge in [0, 0.05) is 17.7 Å². The van der Waals surface area contributed by atoms with Gasteiger partial charge in [-0.05, 0) is 54.1 Å². The van der Waals surface area contributed by atoms with E-state index in [0.29, 0.717) is 34.1 Å². The Morgan fingerprint density at radius 1 is 0.761 bits per heavy atom. The second-order valence-corrected chi connectivity index (χ2v) is 10.8. The normalized spacial score (nSPS) is 13.5. The third kappa shape index (κ3) is 6.40. The van der Waals surface area contributed by atoms with Crippen LogP contribution in [0.15, 0.2) is 56.6 Å². The molecule has 0 radical (unpaired) electrons. The van der Waals surface area contributed by atoms with Crippen LogP contribution in [0, 0.1) is 6.92 Å². The Bertz CT molecular complexity index is 1890. The molecule has 4 aromatic rings. The first-order chi connectivity index (χ1) is 22.2. The first kappa shape index (κ1) is 32.1. The molecular weight excluding hydrogens is 618 g/mol. The highest BCUT2D eigenvalue weighted by Crippen LogP contribution is 2.41. The van der Waals surface area contributed by atoms with Gasteiger partial charge in [0.25, 0.3) is 11.1 Å². The smallest absolute Gasteiger partial charge is 0.290 e. The third-order valence-corrected chi connectivity index (χ3v) is 7.83. The Kier molecular flexibility index (Phi) is 9.61. The van der Waals surface area contributed by atoms with Gasteiger partial charge >= 0.3 is 0 Å². The van der Waals surface area contributed by atoms with E-state index in [1.54, 1.807) is 49.6 Å². The molecule has 13 heteroatoms. The predicted octanol–water partition coefficient (Wildman–Crippen LogP) is 5.59. The lowest BCUT2D eigenvalue weighted by Gasteiger charge is -2.17. The van der Waals surface area contributed by atoms with Gasteiger partial charge in [-0.1, -0.05) is 12.1 Å². The van der Waals surface area contributed by atoms with Gasteiger partial charge in [-0.2, -0.15) is 0 Å². The minimum absolute atomic E-state index is 0.0200. The summed E-state index contributed by atoms with van der Waals surface area (Å²) in [6.45, 7) is 1.82. The number of nitrogens with one attached hydrogen (secondary N) is 1. The Hall–Kier alpha value is -5.30. The standard InChI is InChI=1S/C33H31NO11S/c1-17-7-8-19(14-21(17)39-3)29-31(28(35)27-22(40-4)15-20(38-2)16-23(27)45-29)44-10-9-43-30-24(41-5)11-18(12-25(30)42-6)13-26-32(36)34-33(37)46-26/h7-8,11-16H,9-10H2,1-6H3,(H,34,36,37)/b26-13-. The minimum Gasteiger partial charge on any atom is -0.496 e. The molecule has 0 bridgehead atoms. The molecule has 0 aliphatic carbocycles. The highest BCUT2D eigenvalue weighted by molar-refractivity contribution is 8.18. The molecule has 1 aliphatic heterocycles. The van der Waals surface area contributed by atoms with Crippen molar-refractivity contribution in [3.8, 4) is 51.6 Å². The van der Waals surface area contributed by atoms with E-state index in [2.05, 4.69) is 5.32 Å². The van der Waals surface area contributed by atoms with Gasteiger partial charge in [-0.15, -0.1) is 0 Å². The molecule has 1 N–H and O–H groups in total. The molecule has 0 saturated carbocycles. The van der Waals surface area contributed by atoms with Crippen molar-refractivity contribution in [3.05, 3.63) is 68.7 Å². The summed E-state index contributed by atoms with van der Waals surface area (Å²) in [5.41, 5.74) is 1.82. The van der Waals surface area contributed by atoms with Crippen molar-refractivity contribution in [3.63, 3.8) is 0 Å². The van der Waals surface area contributed by atoms with E-state index < -0.39 is 16.6 Å². The zero-order valence-corrected chi connectivity index (χ0v) is 26.7. The average Bonchev–Trinajstić information content (AvgIpc) is 3.38. The van der Waals surface area contributed by atoms with Crippen LogP contribution in [-0.4, -0.2) is 59.9 Å². The number of fused-ring (bicyclic) bond motifs is 1. The summed E-state index contributed by atoms with van der Waals surface area (Å²) < 4.78 is 45.8. The van der Waals surface area contributed by atoms with Crippen LogP contribution in [-0.2, 0) is 4.79 Å². The van der Waals surface area contributed by atoms with Crippen LogP contribution in [0.5, 0.6) is 40.2 Å². The number of imide groups is 1. The van der Waals surface area contributed by atoms with Crippen LogP contribution in [0.4, 0.5) is 4.79 Å². The number of ether oxygens (including phenoxy) is 7. The zero-order valence-electron chi connectivity index (χ0n) is 25.9. The van der Waals surface area contributed by atoms with Gasteiger partial charge in [0.05, 0.1) is 40.5 Å². The molecule has 240 valence electrons. The SMILES string of the molecule is COc1cc(OC)c2c(=O)c(OCCOc3c(OC)cc(/C=C4\SC(=O)NC4=O)cc3OC)c(-c3ccc(C)c(OC)c3)oc2c1. The van der Waals surface area contributed by atoms with Crippen molar-refractivity contribution < 1.29 is 47.2 Å². The van der Waals surface area contributed by atoms with Gasteiger partial charge < -0.3 is 37.6 Å². The van der Waals surface area contributed by atoms with Crippen LogP contribution in [0.2, 0.25) is 0 Å². The fourth-order valence-corrected chi connectivity index (χ4v) is 5.47. The molecule has 1 saturated heterocycles. The van der Waals surface area contributed by atoms with Gasteiger partial charge in [0.15, 0.2) is 17.3 Å². The number of hydrogen-bond acceptors (Lipinski definition) is 12. The first-order valence-corrected chi connectivity index (χ1v) is 14.7. The molecule has 0 unspecified atom stereocenters. The van der Waals surface area contributed by atoms with E-state index >= 15 is 0 Å². The molecule has 0 atom stereocenters. The highest BCUT2D eigenvalue weighted by atomic mass is 32.2. The Labute approximate surface area is 268 Å². The second-order valence-electron chi connectivity index (χ2n) is 9.78. The van der Waals surface area contributed by atoms with Crippen LogP contribution in [0.25, 0.3) is 28.4 Å². The number of methoxy groups -OCH3 is 5. The maximum Gasteiger partial charge on any atom is 0.290 e. The van der Waals surface area contributed by atoms with Crippen molar-refractivity contribution >= 4 is 40.0 Å². The fourth-order valence-electron chi connectivity index (χ4n) is 4.79. The Morgan fingerprint density at radius 3 is 2.00 bits per heavy atom. The summed E-state index contributed by atoms with van der Waals surface area (Å²) in [4.78, 5) is 37.7. The van der Waals surface area contributed by atoms with E-state index in [1.807, 2.05) is 13.0 Å². The molecule has 1 aliphatic rings. The molecule has 5 rings (SSSR count). The fraction of sp³-hybridized carbons (Fsp3) is 0.242. The summed E-state index contributed by atoms with van der Waals surface area (Å²) in [6.07, 6.45) is 1.55. The van der Waals surface area contributed by atoms with E-state index in [1.165, 1.54) is 28.4 Å². The highest BCUT2D eigenvalue weighted by Gasteiger charge is 2.26. The number of carbonyl (C=O) groups is 2. The van der Waals surface area contributed by atoms with Crippen LogP contribution >= 0.6 is 11.8 Å². The second kappa shape index (κ2) is 13.8. The maximum absolute atomic E-state index is 13.9. The third-order valence-electron chi connectivity index (χ3n) is 7.02. The van der Waals surface area contributed by atoms with Crippen LogP contribution in [0.1, 0.15) is 11.1 Å². The summed E-state index contributed by atoms with van der Waals surface area (Å²) in [5, 5.41) is 1.96. The Balaban J connectivity index is 1.47. The summed E-state index contributed by atoms with van der Waals surface area (Å²) in [5.74, 6) is 1.89. The van der Waals surface area contributed by atoms with Crippen LogP contribution in [0.3, 0.4) is 0 Å². The Morgan fingerprint density at radius 2 is 1.41 bits per heavy atom. The molecular formula is C33H31NO11S. The topological polar surface area (TPSA) is 141 Å². The van der Waals surface area contributed by atoms with Crippen molar-refractivity contribution in [1.82, 2.24) is 5.32 Å². The van der Waals surface area contributed by atoms with Gasteiger partial charge in [0.1, 0.15) is 41.4 Å². The molecule has 0 spiro atoms. The van der Waals surface area contributed by atoms with Gasteiger partial charge in [0.2, 0.25) is 16.9 Å². The summed E-state index contributed by atoms with van der Waals surface area (Å²) in [7, 11) is 7.43. The number of thioether (sulfide) groups is 1. The number of carbonyl (C=O) groups excluding carboxylic acids is 2. The number of hydrogen-bond donors (Lipinski definition) is 1. The van der Waals surface area contributed by atoms with Gasteiger partial charge in [-0.3, -0.25) is 19.7 Å². The number of benzene rings is 3.